The van der Waals surface area contributed by atoms with E-state index in [4.69, 9.17) is 4.74 Å². The zero-order valence-corrected chi connectivity index (χ0v) is 23.3. The number of benzene rings is 2. The fraction of sp³-hybridized carbons (Fsp3) is 0.452. The summed E-state index contributed by atoms with van der Waals surface area (Å²) in [4.78, 5) is 43.3. The van der Waals surface area contributed by atoms with E-state index in [9.17, 15) is 14.4 Å². The summed E-state index contributed by atoms with van der Waals surface area (Å²) in [5, 5.41) is 6.98. The Balaban J connectivity index is 1.37. The van der Waals surface area contributed by atoms with E-state index in [0.29, 0.717) is 19.4 Å². The first-order chi connectivity index (χ1) is 18.9. The number of fused-ring (bicyclic) bond motifs is 2. The Morgan fingerprint density at radius 2 is 1.92 bits per heavy atom. The summed E-state index contributed by atoms with van der Waals surface area (Å²) in [6.45, 7) is 5.71. The van der Waals surface area contributed by atoms with Gasteiger partial charge < -0.3 is 30.0 Å². The molecular weight excluding hydrogens is 492 g/mol. The lowest BCUT2D eigenvalue weighted by Gasteiger charge is -2.22. The minimum atomic E-state index is -0.624. The second-order valence-corrected chi connectivity index (χ2v) is 10.4. The van der Waals surface area contributed by atoms with Gasteiger partial charge in [0.1, 0.15) is 17.6 Å². The van der Waals surface area contributed by atoms with Crippen LogP contribution in [0.5, 0.6) is 5.75 Å². The van der Waals surface area contributed by atoms with Crippen LogP contribution in [0.3, 0.4) is 0 Å². The minimum Gasteiger partial charge on any atom is -0.497 e. The number of unbranched alkanes of at least 4 members (excludes halogenated alkanes) is 2. The highest BCUT2D eigenvalue weighted by Crippen LogP contribution is 2.28. The first kappa shape index (κ1) is 28.2. The Kier molecular flexibility index (Phi) is 9.63. The number of nitrogens with zero attached hydrogens (tertiary/aromatic N) is 1. The van der Waals surface area contributed by atoms with Crippen LogP contribution in [-0.4, -0.2) is 55.4 Å². The summed E-state index contributed by atoms with van der Waals surface area (Å²) >= 11 is 0. The molecule has 0 bridgehead atoms. The van der Waals surface area contributed by atoms with Crippen LogP contribution < -0.4 is 20.3 Å². The van der Waals surface area contributed by atoms with Crippen LogP contribution >= 0.6 is 0 Å². The van der Waals surface area contributed by atoms with Crippen LogP contribution in [0.1, 0.15) is 55.8 Å². The van der Waals surface area contributed by atoms with E-state index in [2.05, 4.69) is 38.7 Å². The number of para-hydroxylation sites is 1. The predicted molar refractivity (Wildman–Crippen MR) is 154 cm³/mol. The maximum atomic E-state index is 13.2. The standard InChI is InChI=1S/C31H40N4O4/c1-21(36)9-5-4-6-11-28(31(38)32-16-18-35-17-15-23-10-7-8-12-29(23)35)34-30(37)20-25-22(2)33-27-14-13-24(39-3)19-26(25)27/h7-8,10,12-14,19,28,33H,4-6,9,11,15-18,20H2,1-3H3,(H,32,38)(H,34,37). The molecule has 8 heteroatoms. The summed E-state index contributed by atoms with van der Waals surface area (Å²) in [5.74, 6) is 0.539. The molecule has 1 aliphatic rings. The Morgan fingerprint density at radius 3 is 2.72 bits per heavy atom. The number of amides is 2. The average molecular weight is 533 g/mol. The number of aromatic nitrogens is 1. The fourth-order valence-electron chi connectivity index (χ4n) is 5.37. The van der Waals surface area contributed by atoms with Crippen molar-refractivity contribution in [2.75, 3.05) is 31.6 Å². The minimum absolute atomic E-state index is 0.164. The number of ketones is 1. The quantitative estimate of drug-likeness (QED) is 0.270. The van der Waals surface area contributed by atoms with Crippen molar-refractivity contribution < 1.29 is 19.1 Å². The van der Waals surface area contributed by atoms with E-state index < -0.39 is 6.04 Å². The predicted octanol–water partition coefficient (Wildman–Crippen LogP) is 4.23. The molecule has 1 unspecified atom stereocenters. The monoisotopic (exact) mass is 532 g/mol. The average Bonchev–Trinajstić information content (AvgIpc) is 3.47. The van der Waals surface area contributed by atoms with Gasteiger partial charge in [-0.2, -0.15) is 0 Å². The highest BCUT2D eigenvalue weighted by Gasteiger charge is 2.23. The number of H-pyrrole nitrogens is 1. The molecule has 0 saturated heterocycles. The van der Waals surface area contributed by atoms with Gasteiger partial charge in [-0.3, -0.25) is 9.59 Å². The molecule has 8 nitrogen and oxygen atoms in total. The van der Waals surface area contributed by atoms with E-state index in [1.165, 1.54) is 11.3 Å². The molecule has 1 aliphatic heterocycles. The van der Waals surface area contributed by atoms with E-state index in [1.54, 1.807) is 14.0 Å². The molecule has 3 aromatic rings. The zero-order valence-electron chi connectivity index (χ0n) is 23.3. The van der Waals surface area contributed by atoms with E-state index in [-0.39, 0.29) is 24.0 Å². The van der Waals surface area contributed by atoms with Crippen molar-refractivity contribution in [1.82, 2.24) is 15.6 Å². The highest BCUT2D eigenvalue weighted by molar-refractivity contribution is 5.93. The van der Waals surface area contributed by atoms with Gasteiger partial charge in [0.25, 0.3) is 0 Å². The smallest absolute Gasteiger partial charge is 0.242 e. The molecule has 0 aliphatic carbocycles. The fourth-order valence-corrected chi connectivity index (χ4v) is 5.37. The zero-order chi connectivity index (χ0) is 27.8. The Hall–Kier alpha value is -3.81. The molecule has 0 spiro atoms. The normalized spacial score (nSPS) is 13.3. The van der Waals surface area contributed by atoms with Crippen LogP contribution in [0.25, 0.3) is 10.9 Å². The van der Waals surface area contributed by atoms with Crippen LogP contribution in [0.2, 0.25) is 0 Å². The number of carbonyl (C=O) groups excluding carboxylic acids is 3. The molecule has 1 atom stereocenters. The lowest BCUT2D eigenvalue weighted by Crippen LogP contribution is -2.48. The van der Waals surface area contributed by atoms with Crippen molar-refractivity contribution in [2.24, 2.45) is 0 Å². The van der Waals surface area contributed by atoms with Crippen molar-refractivity contribution in [1.29, 1.82) is 0 Å². The number of hydrogen-bond acceptors (Lipinski definition) is 5. The topological polar surface area (TPSA) is 104 Å². The van der Waals surface area contributed by atoms with Gasteiger partial charge in [-0.25, -0.2) is 0 Å². The van der Waals surface area contributed by atoms with E-state index >= 15 is 0 Å². The maximum absolute atomic E-state index is 13.2. The summed E-state index contributed by atoms with van der Waals surface area (Å²) in [5.41, 5.74) is 5.33. The Bertz CT molecular complexity index is 1320. The molecule has 208 valence electrons. The first-order valence-electron chi connectivity index (χ1n) is 13.9. The molecule has 2 amide bonds. The van der Waals surface area contributed by atoms with Crippen molar-refractivity contribution in [3.8, 4) is 5.75 Å². The van der Waals surface area contributed by atoms with Gasteiger partial charge in [-0.05, 0) is 68.5 Å². The van der Waals surface area contributed by atoms with Gasteiger partial charge in [0.2, 0.25) is 11.8 Å². The third-order valence-corrected chi connectivity index (χ3v) is 7.50. The van der Waals surface area contributed by atoms with Crippen LogP contribution in [0.15, 0.2) is 42.5 Å². The lowest BCUT2D eigenvalue weighted by molar-refractivity contribution is -0.128. The molecule has 1 aromatic heterocycles. The van der Waals surface area contributed by atoms with Gasteiger partial charge in [0, 0.05) is 48.3 Å². The van der Waals surface area contributed by atoms with E-state index in [1.807, 2.05) is 31.2 Å². The third kappa shape index (κ3) is 7.40. The van der Waals surface area contributed by atoms with Crippen LogP contribution in [0, 0.1) is 6.92 Å². The second kappa shape index (κ2) is 13.3. The molecule has 2 heterocycles. The van der Waals surface area contributed by atoms with Crippen LogP contribution in [0.4, 0.5) is 5.69 Å². The molecule has 0 saturated carbocycles. The van der Waals surface area contributed by atoms with Crippen LogP contribution in [-0.2, 0) is 27.2 Å². The van der Waals surface area contributed by atoms with Gasteiger partial charge in [-0.1, -0.05) is 31.0 Å². The molecule has 39 heavy (non-hydrogen) atoms. The first-order valence-corrected chi connectivity index (χ1v) is 13.9. The number of aromatic amines is 1. The van der Waals surface area contributed by atoms with Gasteiger partial charge >= 0.3 is 0 Å². The number of rotatable bonds is 14. The number of carbonyl (C=O) groups is 3. The largest absolute Gasteiger partial charge is 0.497 e. The number of ether oxygens (including phenoxy) is 1. The summed E-state index contributed by atoms with van der Waals surface area (Å²) in [7, 11) is 1.62. The highest BCUT2D eigenvalue weighted by atomic mass is 16.5. The maximum Gasteiger partial charge on any atom is 0.242 e. The molecule has 2 aromatic carbocycles. The van der Waals surface area contributed by atoms with Crippen molar-refractivity contribution >= 4 is 34.2 Å². The summed E-state index contributed by atoms with van der Waals surface area (Å²) in [6, 6.07) is 13.5. The number of hydrogen-bond donors (Lipinski definition) is 3. The molecule has 4 rings (SSSR count). The number of anilines is 1. The number of Topliss-reactive ketones (excluding diaryl/α,β-unsaturated/α-hetero) is 1. The SMILES string of the molecule is COc1ccc2[nH]c(C)c(CC(=O)NC(CCCCCC(C)=O)C(=O)NCCN3CCc4ccccc43)c2c1. The van der Waals surface area contributed by atoms with Gasteiger partial charge in [0.15, 0.2) is 0 Å². The van der Waals surface area contributed by atoms with E-state index in [0.717, 1.165) is 66.7 Å². The van der Waals surface area contributed by atoms with Crippen molar-refractivity contribution in [3.05, 3.63) is 59.3 Å². The Morgan fingerprint density at radius 1 is 1.10 bits per heavy atom. The Labute approximate surface area is 230 Å². The molecule has 0 radical (unpaired) electrons. The number of nitrogens with one attached hydrogen (secondary N) is 3. The van der Waals surface area contributed by atoms with Crippen molar-refractivity contribution in [2.45, 2.75) is 64.8 Å². The number of aryl methyl sites for hydroxylation is 1. The molecular formula is C31H40N4O4. The number of methoxy groups -OCH3 is 1. The summed E-state index contributed by atoms with van der Waals surface area (Å²) in [6.07, 6.45) is 4.65. The van der Waals surface area contributed by atoms with Gasteiger partial charge in [-0.15, -0.1) is 0 Å². The lowest BCUT2D eigenvalue weighted by atomic mass is 10.0. The second-order valence-electron chi connectivity index (χ2n) is 10.4. The molecule has 3 N–H and O–H groups in total. The summed E-state index contributed by atoms with van der Waals surface area (Å²) < 4.78 is 5.37. The van der Waals surface area contributed by atoms with Gasteiger partial charge in [0.05, 0.1) is 13.5 Å². The molecule has 0 fully saturated rings. The third-order valence-electron chi connectivity index (χ3n) is 7.50. The van der Waals surface area contributed by atoms with Crippen molar-refractivity contribution in [3.63, 3.8) is 0 Å².